The zero-order valence-electron chi connectivity index (χ0n) is 22.3. The topological polar surface area (TPSA) is 105 Å². The third-order valence-corrected chi connectivity index (χ3v) is 7.20. The Balaban J connectivity index is 1.61. The van der Waals surface area contributed by atoms with Crippen molar-refractivity contribution in [2.45, 2.75) is 33.1 Å². The zero-order chi connectivity index (χ0) is 27.6. The number of carbonyl (C=O) groups excluding carboxylic acids is 2. The van der Waals surface area contributed by atoms with Crippen molar-refractivity contribution in [1.82, 2.24) is 14.9 Å². The summed E-state index contributed by atoms with van der Waals surface area (Å²) in [6.07, 6.45) is 3.22. The Morgan fingerprint density at radius 3 is 2.37 bits per heavy atom. The first kappa shape index (κ1) is 26.8. The van der Waals surface area contributed by atoms with Crippen LogP contribution in [0.25, 0.3) is 11.1 Å². The van der Waals surface area contributed by atoms with Gasteiger partial charge in [0.05, 0.1) is 6.20 Å². The van der Waals surface area contributed by atoms with Crippen LogP contribution in [0.5, 0.6) is 0 Å². The van der Waals surface area contributed by atoms with Crippen LogP contribution in [0.15, 0.2) is 65.7 Å². The molecule has 2 heterocycles. The van der Waals surface area contributed by atoms with Gasteiger partial charge < -0.3 is 20.5 Å². The van der Waals surface area contributed by atoms with Crippen LogP contribution in [0.4, 0.5) is 16.5 Å². The van der Waals surface area contributed by atoms with Crippen molar-refractivity contribution in [3.63, 3.8) is 0 Å². The number of hydrogen-bond acceptors (Lipinski definition) is 6. The van der Waals surface area contributed by atoms with Gasteiger partial charge in [-0.25, -0.2) is 4.98 Å². The molecule has 2 aromatic heterocycles. The Kier molecular flexibility index (Phi) is 7.50. The molecule has 0 aliphatic carbocycles. The van der Waals surface area contributed by atoms with Gasteiger partial charge in [0.2, 0.25) is 0 Å². The molecule has 0 aliphatic rings. The zero-order valence-corrected chi connectivity index (χ0v) is 23.1. The van der Waals surface area contributed by atoms with Crippen molar-refractivity contribution < 1.29 is 9.59 Å². The number of hydrogen-bond donors (Lipinski definition) is 3. The molecule has 0 saturated heterocycles. The summed E-state index contributed by atoms with van der Waals surface area (Å²) in [5.74, 6) is -0.430. The van der Waals surface area contributed by atoms with Crippen LogP contribution >= 0.6 is 11.3 Å². The summed E-state index contributed by atoms with van der Waals surface area (Å²) in [5.41, 5.74) is 5.07. The van der Waals surface area contributed by atoms with Gasteiger partial charge in [0.25, 0.3) is 17.4 Å². The maximum atomic E-state index is 13.0. The van der Waals surface area contributed by atoms with E-state index in [1.165, 1.54) is 10.8 Å². The van der Waals surface area contributed by atoms with Gasteiger partial charge in [-0.2, -0.15) is 0 Å². The third-order valence-electron chi connectivity index (χ3n) is 6.29. The molecule has 4 rings (SSSR count). The maximum absolute atomic E-state index is 13.0. The van der Waals surface area contributed by atoms with Crippen molar-refractivity contribution in [2.75, 3.05) is 17.7 Å². The molecule has 4 aromatic rings. The minimum Gasteiger partial charge on any atom is -0.354 e. The molecule has 0 fully saturated rings. The van der Waals surface area contributed by atoms with Gasteiger partial charge in [0.1, 0.15) is 10.6 Å². The number of anilines is 3. The summed E-state index contributed by atoms with van der Waals surface area (Å²) < 4.78 is 1.49. The molecule has 0 saturated carbocycles. The second kappa shape index (κ2) is 10.6. The quantitative estimate of drug-likeness (QED) is 0.307. The molecule has 0 spiro atoms. The van der Waals surface area contributed by atoms with E-state index >= 15 is 0 Å². The second-order valence-electron chi connectivity index (χ2n) is 10.1. The van der Waals surface area contributed by atoms with Gasteiger partial charge in [-0.15, -0.1) is 0 Å². The number of thiazole rings is 1. The monoisotopic (exact) mass is 529 g/mol. The van der Waals surface area contributed by atoms with E-state index in [0.29, 0.717) is 26.9 Å². The Bertz CT molecular complexity index is 1560. The van der Waals surface area contributed by atoms with Crippen molar-refractivity contribution in [1.29, 1.82) is 0 Å². The molecule has 0 unspecified atom stereocenters. The summed E-state index contributed by atoms with van der Waals surface area (Å²) in [4.78, 5) is 42.4. The summed E-state index contributed by atoms with van der Waals surface area (Å²) in [5, 5.41) is 9.07. The number of benzene rings is 2. The van der Waals surface area contributed by atoms with Crippen LogP contribution < -0.4 is 21.5 Å². The van der Waals surface area contributed by atoms with Gasteiger partial charge in [-0.05, 0) is 53.3 Å². The lowest BCUT2D eigenvalue weighted by atomic mass is 9.86. The Labute approximate surface area is 225 Å². The largest absolute Gasteiger partial charge is 0.354 e. The second-order valence-corrected chi connectivity index (χ2v) is 11.1. The maximum Gasteiger partial charge on any atom is 0.274 e. The number of aromatic nitrogens is 2. The fraction of sp³-hybridized carbons (Fsp3) is 0.241. The number of aryl methyl sites for hydroxylation is 1. The first-order chi connectivity index (χ1) is 18.0. The van der Waals surface area contributed by atoms with E-state index < -0.39 is 0 Å². The molecule has 0 bridgehead atoms. The van der Waals surface area contributed by atoms with E-state index in [0.717, 1.165) is 33.6 Å². The van der Waals surface area contributed by atoms with E-state index in [-0.39, 0.29) is 22.8 Å². The first-order valence-corrected chi connectivity index (χ1v) is 13.0. The number of amides is 2. The molecule has 0 aliphatic heterocycles. The van der Waals surface area contributed by atoms with Gasteiger partial charge in [0, 0.05) is 37.1 Å². The number of carbonyl (C=O) groups is 2. The van der Waals surface area contributed by atoms with Crippen molar-refractivity contribution in [3.8, 4) is 11.1 Å². The number of nitrogens with zero attached hydrogens (tertiary/aromatic N) is 2. The van der Waals surface area contributed by atoms with Crippen LogP contribution in [0.2, 0.25) is 0 Å². The van der Waals surface area contributed by atoms with Gasteiger partial charge in [-0.3, -0.25) is 14.4 Å². The molecule has 0 radical (unpaired) electrons. The molecule has 196 valence electrons. The average molecular weight is 530 g/mol. The molecular weight excluding hydrogens is 498 g/mol. The molecule has 3 N–H and O–H groups in total. The van der Waals surface area contributed by atoms with E-state index in [1.54, 1.807) is 26.4 Å². The smallest absolute Gasteiger partial charge is 0.274 e. The van der Waals surface area contributed by atoms with Crippen LogP contribution in [0.1, 0.15) is 51.9 Å². The average Bonchev–Trinajstić information content (AvgIpc) is 3.35. The molecule has 8 nitrogen and oxygen atoms in total. The third kappa shape index (κ3) is 5.68. The molecular formula is C29H31N5O3S. The van der Waals surface area contributed by atoms with E-state index in [9.17, 15) is 14.4 Å². The summed E-state index contributed by atoms with van der Waals surface area (Å²) in [6.45, 7) is 8.34. The van der Waals surface area contributed by atoms with E-state index in [1.807, 2.05) is 49.4 Å². The lowest BCUT2D eigenvalue weighted by Gasteiger charge is -2.19. The fourth-order valence-electron chi connectivity index (χ4n) is 4.02. The summed E-state index contributed by atoms with van der Waals surface area (Å²) in [7, 11) is 3.23. The number of nitrogens with one attached hydrogen (secondary N) is 3. The van der Waals surface area contributed by atoms with Crippen molar-refractivity contribution in [3.05, 3.63) is 92.8 Å². The molecule has 9 heteroatoms. The minimum atomic E-state index is -0.239. The first-order valence-electron chi connectivity index (χ1n) is 12.2. The highest BCUT2D eigenvalue weighted by Gasteiger charge is 2.17. The molecule has 38 heavy (non-hydrogen) atoms. The molecule has 2 amide bonds. The van der Waals surface area contributed by atoms with Crippen LogP contribution in [-0.4, -0.2) is 28.4 Å². The summed E-state index contributed by atoms with van der Waals surface area (Å²) >= 11 is 1.16. The lowest BCUT2D eigenvalue weighted by molar-refractivity contribution is 0.0965. The van der Waals surface area contributed by atoms with Crippen LogP contribution in [-0.2, 0) is 12.5 Å². The molecule has 2 aromatic carbocycles. The van der Waals surface area contributed by atoms with Gasteiger partial charge in [-0.1, -0.05) is 56.4 Å². The Morgan fingerprint density at radius 1 is 1.00 bits per heavy atom. The number of rotatable bonds is 6. The SMILES string of the molecule is CNC(=O)c1cnc(Nc2cc(-c3cccc(NC(=O)c4ccc(C(C)(C)C)cc4)c3C)cn(C)c2=O)s1. The van der Waals surface area contributed by atoms with Crippen LogP contribution in [0, 0.1) is 6.92 Å². The van der Waals surface area contributed by atoms with E-state index in [4.69, 9.17) is 0 Å². The lowest BCUT2D eigenvalue weighted by Crippen LogP contribution is -2.19. The summed E-state index contributed by atoms with van der Waals surface area (Å²) in [6, 6.07) is 15.1. The van der Waals surface area contributed by atoms with E-state index in [2.05, 4.69) is 41.7 Å². The van der Waals surface area contributed by atoms with Crippen molar-refractivity contribution >= 4 is 39.7 Å². The highest BCUT2D eigenvalue weighted by Crippen LogP contribution is 2.31. The van der Waals surface area contributed by atoms with Crippen molar-refractivity contribution in [2.24, 2.45) is 7.05 Å². The highest BCUT2D eigenvalue weighted by atomic mass is 32.1. The standard InChI is InChI=1S/C29H31N5O3S/c1-17-21(8-7-9-22(17)32-25(35)18-10-12-20(13-11-18)29(2,3)4)19-14-23(27(37)34(6)16-19)33-28-31-15-24(38-28)26(36)30-5/h7-16H,1-6H3,(H,30,36)(H,31,33)(H,32,35). The highest BCUT2D eigenvalue weighted by molar-refractivity contribution is 7.17. The Hall–Kier alpha value is -4.24. The van der Waals surface area contributed by atoms with Gasteiger partial charge in [0.15, 0.2) is 5.13 Å². The normalized spacial score (nSPS) is 11.2. The predicted molar refractivity (Wildman–Crippen MR) is 154 cm³/mol. The minimum absolute atomic E-state index is 0.00934. The molecule has 0 atom stereocenters. The number of pyridine rings is 1. The fourth-order valence-corrected chi connectivity index (χ4v) is 4.80. The Morgan fingerprint density at radius 2 is 1.71 bits per heavy atom. The van der Waals surface area contributed by atoms with Crippen LogP contribution in [0.3, 0.4) is 0 Å². The van der Waals surface area contributed by atoms with Gasteiger partial charge >= 0.3 is 0 Å². The predicted octanol–water partition coefficient (Wildman–Crippen LogP) is 5.47.